The fourth-order valence-corrected chi connectivity index (χ4v) is 3.18. The first kappa shape index (κ1) is 14.6. The van der Waals surface area contributed by atoms with Crippen molar-refractivity contribution in [3.63, 3.8) is 0 Å². The third-order valence-corrected chi connectivity index (χ3v) is 4.54. The number of primary amides is 1. The summed E-state index contributed by atoms with van der Waals surface area (Å²) < 4.78 is 0. The predicted octanol–water partition coefficient (Wildman–Crippen LogP) is 0.992. The lowest BCUT2D eigenvalue weighted by molar-refractivity contribution is 0.144. The molecule has 0 aromatic rings. The molecule has 2 fully saturated rings. The van der Waals surface area contributed by atoms with E-state index in [0.717, 1.165) is 25.9 Å². The van der Waals surface area contributed by atoms with Gasteiger partial charge in [0.2, 0.25) is 0 Å². The number of carbonyl (C=O) groups is 1. The first-order valence-electron chi connectivity index (χ1n) is 7.60. The number of urea groups is 1. The lowest BCUT2D eigenvalue weighted by Gasteiger charge is -2.38. The molecule has 5 heteroatoms. The summed E-state index contributed by atoms with van der Waals surface area (Å²) in [6, 6.07) is 1.61. The molecule has 5 nitrogen and oxygen atoms in total. The predicted molar refractivity (Wildman–Crippen MR) is 77.0 cm³/mol. The molecule has 2 heterocycles. The molecule has 2 amide bonds. The Bertz CT molecular complexity index is 292. The zero-order chi connectivity index (χ0) is 13.8. The Balaban J connectivity index is 1.68. The second-order valence-electron chi connectivity index (χ2n) is 6.17. The number of likely N-dealkylation sites (tertiary alicyclic amines) is 2. The number of carbonyl (C=O) groups excluding carboxylic acids is 1. The minimum atomic E-state index is -0.274. The molecule has 0 aromatic carbocycles. The van der Waals surface area contributed by atoms with Crippen molar-refractivity contribution in [1.82, 2.24) is 15.1 Å². The van der Waals surface area contributed by atoms with E-state index >= 15 is 0 Å². The van der Waals surface area contributed by atoms with Gasteiger partial charge in [0.1, 0.15) is 0 Å². The van der Waals surface area contributed by atoms with Crippen LogP contribution >= 0.6 is 0 Å². The van der Waals surface area contributed by atoms with Crippen molar-refractivity contribution in [3.8, 4) is 0 Å². The summed E-state index contributed by atoms with van der Waals surface area (Å²) in [7, 11) is 0. The second-order valence-corrected chi connectivity index (χ2v) is 6.17. The van der Waals surface area contributed by atoms with Crippen molar-refractivity contribution in [2.24, 2.45) is 5.73 Å². The molecule has 2 aliphatic rings. The number of amides is 2. The van der Waals surface area contributed by atoms with Gasteiger partial charge in [-0.1, -0.05) is 0 Å². The molecule has 0 radical (unpaired) electrons. The van der Waals surface area contributed by atoms with Crippen LogP contribution in [0, 0.1) is 0 Å². The summed E-state index contributed by atoms with van der Waals surface area (Å²) in [4.78, 5) is 15.4. The maximum absolute atomic E-state index is 11.1. The maximum atomic E-state index is 11.1. The molecule has 0 spiro atoms. The summed E-state index contributed by atoms with van der Waals surface area (Å²) in [6.45, 7) is 8.56. The van der Waals surface area contributed by atoms with Gasteiger partial charge in [0.05, 0.1) is 0 Å². The van der Waals surface area contributed by atoms with Crippen LogP contribution in [0.25, 0.3) is 0 Å². The Morgan fingerprint density at radius 1 is 1.05 bits per heavy atom. The van der Waals surface area contributed by atoms with Crippen LogP contribution in [0.4, 0.5) is 4.79 Å². The topological polar surface area (TPSA) is 61.6 Å². The lowest BCUT2D eigenvalue weighted by Crippen LogP contribution is -2.52. The largest absolute Gasteiger partial charge is 0.351 e. The molecule has 0 saturated carbocycles. The van der Waals surface area contributed by atoms with Crippen molar-refractivity contribution >= 4 is 6.03 Å². The van der Waals surface area contributed by atoms with Crippen LogP contribution in [0.3, 0.4) is 0 Å². The van der Waals surface area contributed by atoms with Crippen LogP contribution in [0.5, 0.6) is 0 Å². The molecule has 19 heavy (non-hydrogen) atoms. The average molecular weight is 268 g/mol. The van der Waals surface area contributed by atoms with Crippen molar-refractivity contribution in [3.05, 3.63) is 0 Å². The van der Waals surface area contributed by atoms with Crippen LogP contribution in [-0.2, 0) is 0 Å². The van der Waals surface area contributed by atoms with Gasteiger partial charge in [-0.3, -0.25) is 0 Å². The van der Waals surface area contributed by atoms with Crippen LogP contribution in [0.1, 0.15) is 39.5 Å². The number of nitrogens with two attached hydrogens (primary N) is 1. The second kappa shape index (κ2) is 6.57. The molecule has 2 aliphatic heterocycles. The monoisotopic (exact) mass is 268 g/mol. The van der Waals surface area contributed by atoms with E-state index in [0.29, 0.717) is 18.1 Å². The minimum absolute atomic E-state index is 0.274. The summed E-state index contributed by atoms with van der Waals surface area (Å²) >= 11 is 0. The van der Waals surface area contributed by atoms with Crippen molar-refractivity contribution < 1.29 is 4.79 Å². The molecule has 0 aromatic heterocycles. The van der Waals surface area contributed by atoms with E-state index in [1.807, 2.05) is 0 Å². The van der Waals surface area contributed by atoms with Gasteiger partial charge in [-0.25, -0.2) is 4.79 Å². The minimum Gasteiger partial charge on any atom is -0.351 e. The molecule has 3 N–H and O–H groups in total. The zero-order valence-corrected chi connectivity index (χ0v) is 12.3. The molecule has 0 unspecified atom stereocenters. The molecule has 2 saturated heterocycles. The van der Waals surface area contributed by atoms with Crippen LogP contribution in [0.2, 0.25) is 0 Å². The van der Waals surface area contributed by atoms with E-state index < -0.39 is 0 Å². The van der Waals surface area contributed by atoms with Gasteiger partial charge in [-0.2, -0.15) is 0 Å². The lowest BCUT2D eigenvalue weighted by atomic mass is 9.99. The Morgan fingerprint density at radius 3 is 1.95 bits per heavy atom. The van der Waals surface area contributed by atoms with Gasteiger partial charge >= 0.3 is 6.03 Å². The third-order valence-electron chi connectivity index (χ3n) is 4.54. The SMILES string of the molecule is CC(C)N1CCC(NC2CCN(C(N)=O)CC2)CC1. The Kier molecular flexibility index (Phi) is 5.05. The average Bonchev–Trinajstić information content (AvgIpc) is 2.40. The van der Waals surface area contributed by atoms with Crippen molar-refractivity contribution in [2.75, 3.05) is 26.2 Å². The van der Waals surface area contributed by atoms with Gasteiger partial charge in [0, 0.05) is 31.2 Å². The smallest absolute Gasteiger partial charge is 0.314 e. The van der Waals surface area contributed by atoms with Crippen LogP contribution in [0.15, 0.2) is 0 Å². The Morgan fingerprint density at radius 2 is 1.53 bits per heavy atom. The molecular formula is C14H28N4O. The van der Waals surface area contributed by atoms with Crippen molar-refractivity contribution in [2.45, 2.75) is 57.7 Å². The first-order chi connectivity index (χ1) is 9.06. The Hall–Kier alpha value is -0.810. The number of piperidine rings is 2. The normalized spacial score (nSPS) is 24.1. The highest BCUT2D eigenvalue weighted by molar-refractivity contribution is 5.72. The summed E-state index contributed by atoms with van der Waals surface area (Å²) in [5, 5.41) is 3.77. The number of rotatable bonds is 3. The maximum Gasteiger partial charge on any atom is 0.314 e. The summed E-state index contributed by atoms with van der Waals surface area (Å²) in [5.74, 6) is 0. The third kappa shape index (κ3) is 4.08. The van der Waals surface area contributed by atoms with Gasteiger partial charge < -0.3 is 20.9 Å². The van der Waals surface area contributed by atoms with Gasteiger partial charge in [0.15, 0.2) is 0 Å². The molecule has 2 rings (SSSR count). The van der Waals surface area contributed by atoms with E-state index in [2.05, 4.69) is 24.1 Å². The van der Waals surface area contributed by atoms with Gasteiger partial charge in [-0.15, -0.1) is 0 Å². The van der Waals surface area contributed by atoms with E-state index in [1.165, 1.54) is 25.9 Å². The molecule has 110 valence electrons. The number of hydrogen-bond donors (Lipinski definition) is 2. The Labute approximate surface area is 116 Å². The zero-order valence-electron chi connectivity index (χ0n) is 12.3. The molecule has 0 atom stereocenters. The summed E-state index contributed by atoms with van der Waals surface area (Å²) in [5.41, 5.74) is 5.30. The van der Waals surface area contributed by atoms with Gasteiger partial charge in [-0.05, 0) is 52.6 Å². The fourth-order valence-electron chi connectivity index (χ4n) is 3.18. The van der Waals surface area contributed by atoms with Crippen LogP contribution in [-0.4, -0.2) is 60.1 Å². The highest BCUT2D eigenvalue weighted by Crippen LogP contribution is 2.16. The first-order valence-corrected chi connectivity index (χ1v) is 7.60. The molecule has 0 bridgehead atoms. The standard InChI is InChI=1S/C14H28N4O/c1-11(2)17-7-3-12(4-8-17)16-13-5-9-18(10-6-13)14(15)19/h11-13,16H,3-10H2,1-2H3,(H2,15,19). The summed E-state index contributed by atoms with van der Waals surface area (Å²) in [6.07, 6.45) is 4.56. The van der Waals surface area contributed by atoms with Crippen molar-refractivity contribution in [1.29, 1.82) is 0 Å². The van der Waals surface area contributed by atoms with E-state index in [4.69, 9.17) is 5.73 Å². The number of nitrogens with zero attached hydrogens (tertiary/aromatic N) is 2. The van der Waals surface area contributed by atoms with E-state index in [-0.39, 0.29) is 6.03 Å². The highest BCUT2D eigenvalue weighted by atomic mass is 16.2. The molecule has 0 aliphatic carbocycles. The van der Waals surface area contributed by atoms with Gasteiger partial charge in [0.25, 0.3) is 0 Å². The quantitative estimate of drug-likeness (QED) is 0.802. The van der Waals surface area contributed by atoms with Crippen LogP contribution < -0.4 is 11.1 Å². The van der Waals surface area contributed by atoms with E-state index in [1.54, 1.807) is 4.90 Å². The number of hydrogen-bond acceptors (Lipinski definition) is 3. The fraction of sp³-hybridized carbons (Fsp3) is 0.929. The molecular weight excluding hydrogens is 240 g/mol. The number of nitrogens with one attached hydrogen (secondary N) is 1. The highest BCUT2D eigenvalue weighted by Gasteiger charge is 2.26. The van der Waals surface area contributed by atoms with E-state index in [9.17, 15) is 4.79 Å².